The van der Waals surface area contributed by atoms with E-state index in [4.69, 9.17) is 14.2 Å². The van der Waals surface area contributed by atoms with Gasteiger partial charge in [0.05, 0.1) is 34.4 Å². The van der Waals surface area contributed by atoms with E-state index in [1.807, 2.05) is 33.3 Å². The van der Waals surface area contributed by atoms with E-state index in [0.717, 1.165) is 83.5 Å². The largest absolute Gasteiger partial charge is 0.477 e. The number of rotatable bonds is 38. The minimum Gasteiger partial charge on any atom is -0.477 e. The molecular weight excluding hydrogens is 763 g/mol. The number of carboxylic acid groups (broad SMARTS) is 1. The second kappa shape index (κ2) is 42.2. The Morgan fingerprint density at radius 3 is 1.28 bits per heavy atom. The summed E-state index contributed by atoms with van der Waals surface area (Å²) >= 11 is 0. The Labute approximate surface area is 371 Å². The molecule has 0 aliphatic carbocycles. The van der Waals surface area contributed by atoms with Gasteiger partial charge in [0.2, 0.25) is 0 Å². The summed E-state index contributed by atoms with van der Waals surface area (Å²) < 4.78 is 17.1. The zero-order valence-corrected chi connectivity index (χ0v) is 38.5. The van der Waals surface area contributed by atoms with Gasteiger partial charge in [0, 0.05) is 19.3 Å². The summed E-state index contributed by atoms with van der Waals surface area (Å²) in [6.45, 7) is 4.34. The number of esters is 2. The fraction of sp³-hybridized carbons (Fsp3) is 0.528. The summed E-state index contributed by atoms with van der Waals surface area (Å²) in [5.41, 5.74) is 0. The lowest BCUT2D eigenvalue weighted by Gasteiger charge is -2.31. The first kappa shape index (κ1) is 56.5. The summed E-state index contributed by atoms with van der Waals surface area (Å²) in [5.74, 6) is -1.65. The topological polar surface area (TPSA) is 99.1 Å². The maximum absolute atomic E-state index is 12.7. The van der Waals surface area contributed by atoms with Crippen LogP contribution >= 0.6 is 0 Å². The molecule has 0 heterocycles. The third-order valence-electron chi connectivity index (χ3n) is 9.06. The van der Waals surface area contributed by atoms with Crippen molar-refractivity contribution in [2.75, 3.05) is 41.0 Å². The van der Waals surface area contributed by atoms with Crippen LogP contribution in [-0.4, -0.2) is 80.6 Å². The van der Waals surface area contributed by atoms with E-state index in [0.29, 0.717) is 19.3 Å². The Morgan fingerprint density at radius 1 is 0.492 bits per heavy atom. The van der Waals surface area contributed by atoms with E-state index in [2.05, 4.69) is 135 Å². The van der Waals surface area contributed by atoms with Crippen molar-refractivity contribution in [2.24, 2.45) is 0 Å². The van der Waals surface area contributed by atoms with Crippen molar-refractivity contribution in [2.45, 2.75) is 142 Å². The maximum Gasteiger partial charge on any atom is 0.362 e. The van der Waals surface area contributed by atoms with E-state index in [9.17, 15) is 19.5 Å². The maximum atomic E-state index is 12.7. The number of ether oxygens (including phenoxy) is 3. The van der Waals surface area contributed by atoms with Crippen LogP contribution in [0.2, 0.25) is 0 Å². The zero-order chi connectivity index (χ0) is 44.9. The molecule has 0 aromatic rings. The number of unbranched alkanes of at least 4 members (excludes halogenated alkanes) is 2. The quantitative estimate of drug-likeness (QED) is 0.0286. The SMILES string of the molecule is CC/C=C/C/C=C/C/C=C/C/C=C/C/C=C/C/C=C/CCCCC(=O)OCC(COCCC(C(=O)O)[N+](C)(C)C)OC(=O)CC/C=C/C/C=C/C/C=C/C/C=C/C/C=C/CC. The van der Waals surface area contributed by atoms with Crippen LogP contribution in [0.4, 0.5) is 0 Å². The summed E-state index contributed by atoms with van der Waals surface area (Å²) in [4.78, 5) is 37.0. The molecule has 0 aromatic carbocycles. The van der Waals surface area contributed by atoms with E-state index < -0.39 is 24.1 Å². The van der Waals surface area contributed by atoms with Crippen molar-refractivity contribution in [3.8, 4) is 0 Å². The number of aliphatic carboxylic acids is 1. The molecule has 340 valence electrons. The van der Waals surface area contributed by atoms with Gasteiger partial charge in [-0.3, -0.25) is 9.59 Å². The first-order chi connectivity index (χ1) is 29.6. The highest BCUT2D eigenvalue weighted by atomic mass is 16.6. The summed E-state index contributed by atoms with van der Waals surface area (Å²) in [7, 11) is 5.47. The number of carboxylic acids is 1. The van der Waals surface area contributed by atoms with Crippen molar-refractivity contribution in [1.29, 1.82) is 0 Å². The summed E-state index contributed by atoms with van der Waals surface area (Å²) in [6, 6.07) is -0.643. The number of likely N-dealkylation sites (N-methyl/N-ethyl adjacent to an activating group) is 1. The Bertz CT molecular complexity index is 1450. The van der Waals surface area contributed by atoms with Gasteiger partial charge < -0.3 is 23.8 Å². The lowest BCUT2D eigenvalue weighted by Crippen LogP contribution is -2.50. The van der Waals surface area contributed by atoms with E-state index in [1.54, 1.807) is 0 Å². The minimum atomic E-state index is -0.899. The van der Waals surface area contributed by atoms with E-state index in [-0.39, 0.29) is 43.1 Å². The van der Waals surface area contributed by atoms with Crippen LogP contribution in [0.25, 0.3) is 0 Å². The van der Waals surface area contributed by atoms with Crippen LogP contribution in [-0.2, 0) is 28.6 Å². The number of hydrogen-bond donors (Lipinski definition) is 1. The highest BCUT2D eigenvalue weighted by molar-refractivity contribution is 5.72. The van der Waals surface area contributed by atoms with Gasteiger partial charge in [0.25, 0.3) is 0 Å². The Morgan fingerprint density at radius 2 is 0.885 bits per heavy atom. The van der Waals surface area contributed by atoms with Gasteiger partial charge in [-0.2, -0.15) is 0 Å². The van der Waals surface area contributed by atoms with Gasteiger partial charge >= 0.3 is 17.9 Å². The van der Waals surface area contributed by atoms with Gasteiger partial charge in [-0.15, -0.1) is 0 Å². The Balaban J connectivity index is 4.54. The molecule has 0 aromatic heterocycles. The first-order valence-corrected chi connectivity index (χ1v) is 22.7. The fourth-order valence-electron chi connectivity index (χ4n) is 5.61. The lowest BCUT2D eigenvalue weighted by atomic mass is 10.1. The van der Waals surface area contributed by atoms with Crippen molar-refractivity contribution < 1.29 is 38.2 Å². The van der Waals surface area contributed by atoms with Gasteiger partial charge in [-0.1, -0.05) is 148 Å². The van der Waals surface area contributed by atoms with Gasteiger partial charge in [-0.05, 0) is 96.3 Å². The second-order valence-electron chi connectivity index (χ2n) is 15.5. The highest BCUT2D eigenvalue weighted by Crippen LogP contribution is 2.10. The van der Waals surface area contributed by atoms with E-state index in [1.165, 1.54) is 0 Å². The third-order valence-corrected chi connectivity index (χ3v) is 9.06. The number of carbonyl (C=O) groups is 3. The number of carbonyl (C=O) groups excluding carboxylic acids is 2. The number of hydrogen-bond acceptors (Lipinski definition) is 6. The molecule has 8 nitrogen and oxygen atoms in total. The van der Waals surface area contributed by atoms with Crippen LogP contribution in [0, 0.1) is 0 Å². The molecule has 0 spiro atoms. The van der Waals surface area contributed by atoms with Crippen molar-refractivity contribution in [3.63, 3.8) is 0 Å². The molecule has 8 heteroatoms. The molecule has 0 saturated heterocycles. The molecule has 0 aliphatic rings. The first-order valence-electron chi connectivity index (χ1n) is 22.7. The van der Waals surface area contributed by atoms with Crippen LogP contribution in [0.3, 0.4) is 0 Å². The normalized spacial score (nSPS) is 14.2. The van der Waals surface area contributed by atoms with Gasteiger partial charge in [0.15, 0.2) is 12.1 Å². The molecule has 0 bridgehead atoms. The second-order valence-corrected chi connectivity index (χ2v) is 15.5. The van der Waals surface area contributed by atoms with Crippen LogP contribution in [0.1, 0.15) is 129 Å². The Hall–Kier alpha value is -4.53. The third kappa shape index (κ3) is 40.6. The van der Waals surface area contributed by atoms with Gasteiger partial charge in [0.1, 0.15) is 6.61 Å². The molecule has 2 atom stereocenters. The molecule has 0 radical (unpaired) electrons. The van der Waals surface area contributed by atoms with Crippen LogP contribution in [0.15, 0.2) is 134 Å². The predicted octanol–water partition coefficient (Wildman–Crippen LogP) is 12.8. The zero-order valence-electron chi connectivity index (χ0n) is 38.5. The van der Waals surface area contributed by atoms with E-state index >= 15 is 0 Å². The van der Waals surface area contributed by atoms with Crippen LogP contribution in [0.5, 0.6) is 0 Å². The molecular formula is C53H82NO7+. The molecule has 61 heavy (non-hydrogen) atoms. The lowest BCUT2D eigenvalue weighted by molar-refractivity contribution is -0.887. The van der Waals surface area contributed by atoms with Crippen LogP contribution < -0.4 is 0 Å². The molecule has 0 fully saturated rings. The molecule has 0 rings (SSSR count). The molecule has 0 amide bonds. The highest BCUT2D eigenvalue weighted by Gasteiger charge is 2.31. The fourth-order valence-corrected chi connectivity index (χ4v) is 5.61. The van der Waals surface area contributed by atoms with Crippen molar-refractivity contribution >= 4 is 17.9 Å². The van der Waals surface area contributed by atoms with Gasteiger partial charge in [-0.25, -0.2) is 4.79 Å². The smallest absolute Gasteiger partial charge is 0.362 e. The average Bonchev–Trinajstić information content (AvgIpc) is 3.22. The summed E-state index contributed by atoms with van der Waals surface area (Å²) in [6.07, 6.45) is 60.9. The molecule has 0 aliphatic heterocycles. The number of quaternary nitrogens is 1. The van der Waals surface area contributed by atoms with Crippen molar-refractivity contribution in [1.82, 2.24) is 0 Å². The molecule has 0 saturated carbocycles. The predicted molar refractivity (Wildman–Crippen MR) is 256 cm³/mol. The molecule has 1 N–H and O–H groups in total. The average molecular weight is 845 g/mol. The summed E-state index contributed by atoms with van der Waals surface area (Å²) in [5, 5.41) is 9.63. The Kier molecular flexibility index (Phi) is 39.0. The standard InChI is InChI=1S/C53H81NO7/c1-6-8-10-12-14-16-18-20-22-24-25-26-27-28-30-31-33-35-37-39-41-43-51(55)60-48-49(47-59-46-45-50(53(57)58)54(3,4)5)61-52(56)44-42-40-38-36-34-32-29-23-21-19-17-15-13-11-9-7-2/h8-11,14-17,20-23,25-26,28,30,32-35,38,40,49-50H,6-7,12-13,18-19,24,27,29,31,36-37,39,41-48H2,1-5H3/p+1/b10-8+,11-9+,16-14+,17-15+,22-20+,23-21+,26-25+,30-28+,34-32+,35-33+,40-38+. The minimum absolute atomic E-state index is 0.00680. The number of nitrogens with zero attached hydrogens (tertiary/aromatic N) is 1. The monoisotopic (exact) mass is 845 g/mol. The number of allylic oxidation sites excluding steroid dienone is 22. The molecule has 2 unspecified atom stereocenters. The van der Waals surface area contributed by atoms with Crippen molar-refractivity contribution in [3.05, 3.63) is 134 Å².